The van der Waals surface area contributed by atoms with Crippen LogP contribution in [-0.4, -0.2) is 27.4 Å². The Morgan fingerprint density at radius 2 is 1.83 bits per heavy atom. The quantitative estimate of drug-likeness (QED) is 0.541. The lowest BCUT2D eigenvalue weighted by Crippen LogP contribution is -2.20. The van der Waals surface area contributed by atoms with Crippen molar-refractivity contribution in [2.24, 2.45) is 0 Å². The minimum Gasteiger partial charge on any atom is -0.325 e. The molecule has 0 aliphatic rings. The second-order valence-corrected chi connectivity index (χ2v) is 7.30. The van der Waals surface area contributed by atoms with E-state index in [1.807, 2.05) is 6.07 Å². The molecule has 1 N–H and O–H groups in total. The summed E-state index contributed by atoms with van der Waals surface area (Å²) in [6, 6.07) is 17.5. The normalized spacial score (nSPS) is 11.1. The van der Waals surface area contributed by atoms with Crippen molar-refractivity contribution < 1.29 is 18.0 Å². The molecular weight excluding hydrogens is 413 g/mol. The van der Waals surface area contributed by atoms with Crippen molar-refractivity contribution in [3.05, 3.63) is 66.4 Å². The van der Waals surface area contributed by atoms with Crippen LogP contribution >= 0.6 is 11.8 Å². The van der Waals surface area contributed by atoms with Gasteiger partial charge in [-0.05, 0) is 23.3 Å². The molecule has 0 aliphatic carbocycles. The van der Waals surface area contributed by atoms with Crippen molar-refractivity contribution >= 4 is 23.4 Å². The van der Waals surface area contributed by atoms with Gasteiger partial charge >= 0.3 is 6.18 Å². The lowest BCUT2D eigenvalue weighted by molar-refractivity contribution is -0.141. The molecule has 1 aromatic heterocycles. The van der Waals surface area contributed by atoms with Gasteiger partial charge < -0.3 is 9.88 Å². The molecule has 2 aromatic carbocycles. The van der Waals surface area contributed by atoms with E-state index < -0.39 is 12.7 Å². The van der Waals surface area contributed by atoms with Gasteiger partial charge in [0.25, 0.3) is 0 Å². The summed E-state index contributed by atoms with van der Waals surface area (Å²) in [6.07, 6.45) is -2.77. The molecule has 0 bridgehead atoms. The van der Waals surface area contributed by atoms with Crippen LogP contribution in [0.15, 0.2) is 66.0 Å². The van der Waals surface area contributed by atoms with E-state index in [1.165, 1.54) is 6.20 Å². The molecule has 1 amide bonds. The van der Waals surface area contributed by atoms with E-state index in [1.54, 1.807) is 54.6 Å². The van der Waals surface area contributed by atoms with E-state index in [0.29, 0.717) is 16.9 Å². The fourth-order valence-corrected chi connectivity index (χ4v) is 3.55. The Kier molecular flexibility index (Phi) is 6.79. The zero-order chi connectivity index (χ0) is 21.6. The molecule has 0 atom stereocenters. The summed E-state index contributed by atoms with van der Waals surface area (Å²) in [5, 5.41) is 11.5. The summed E-state index contributed by atoms with van der Waals surface area (Å²) < 4.78 is 40.4. The SMILES string of the molecule is N#CCc1ccc(NC(=O)CSc2ncc(-c3ccccc3)n2CC(F)(F)F)cc1. The zero-order valence-electron chi connectivity index (χ0n) is 15.7. The molecule has 0 aliphatic heterocycles. The number of nitrogens with one attached hydrogen (secondary N) is 1. The molecule has 0 unspecified atom stereocenters. The Hall–Kier alpha value is -3.25. The average Bonchev–Trinajstić information content (AvgIpc) is 3.09. The van der Waals surface area contributed by atoms with Crippen molar-refractivity contribution in [3.63, 3.8) is 0 Å². The number of carbonyl (C=O) groups is 1. The van der Waals surface area contributed by atoms with Gasteiger partial charge in [-0.25, -0.2) is 4.98 Å². The molecule has 0 spiro atoms. The summed E-state index contributed by atoms with van der Waals surface area (Å²) in [5.74, 6) is -0.459. The number of benzene rings is 2. The monoisotopic (exact) mass is 430 g/mol. The number of nitriles is 1. The third-order valence-corrected chi connectivity index (χ3v) is 5.07. The Morgan fingerprint density at radius 3 is 2.47 bits per heavy atom. The minimum atomic E-state index is -4.42. The molecule has 3 aromatic rings. The first-order valence-corrected chi connectivity index (χ1v) is 9.90. The van der Waals surface area contributed by atoms with Gasteiger partial charge in [0.05, 0.1) is 30.1 Å². The smallest absolute Gasteiger partial charge is 0.325 e. The van der Waals surface area contributed by atoms with E-state index >= 15 is 0 Å². The third-order valence-electron chi connectivity index (χ3n) is 4.08. The van der Waals surface area contributed by atoms with Gasteiger partial charge in [-0.3, -0.25) is 4.79 Å². The number of alkyl halides is 3. The number of hydrogen-bond acceptors (Lipinski definition) is 4. The second kappa shape index (κ2) is 9.50. The predicted octanol–water partition coefficient (Wildman–Crippen LogP) is 4.91. The van der Waals surface area contributed by atoms with E-state index in [2.05, 4.69) is 10.3 Å². The Labute approximate surface area is 175 Å². The standard InChI is InChI=1S/C21H17F3N4OS/c22-21(23,24)14-28-18(16-4-2-1-3-5-16)12-26-20(28)30-13-19(29)27-17-8-6-15(7-9-17)10-11-25/h1-9,12H,10,13-14H2,(H,27,29). The van der Waals surface area contributed by atoms with Gasteiger partial charge in [0.1, 0.15) is 6.54 Å². The molecule has 0 saturated heterocycles. The van der Waals surface area contributed by atoms with E-state index in [0.717, 1.165) is 21.9 Å². The highest BCUT2D eigenvalue weighted by molar-refractivity contribution is 7.99. The van der Waals surface area contributed by atoms with Gasteiger partial charge in [0.2, 0.25) is 5.91 Å². The maximum atomic E-state index is 13.1. The molecule has 154 valence electrons. The maximum Gasteiger partial charge on any atom is 0.406 e. The number of nitrogens with zero attached hydrogens (tertiary/aromatic N) is 3. The van der Waals surface area contributed by atoms with Crippen molar-refractivity contribution in [1.82, 2.24) is 9.55 Å². The fourth-order valence-electron chi connectivity index (χ4n) is 2.77. The van der Waals surface area contributed by atoms with Crippen molar-refractivity contribution in [2.75, 3.05) is 11.1 Å². The molecule has 9 heteroatoms. The number of imidazole rings is 1. The number of rotatable bonds is 7. The highest BCUT2D eigenvalue weighted by Gasteiger charge is 2.31. The number of aromatic nitrogens is 2. The topological polar surface area (TPSA) is 70.7 Å². The van der Waals surface area contributed by atoms with Crippen LogP contribution in [0.1, 0.15) is 5.56 Å². The number of halogens is 3. The predicted molar refractivity (Wildman–Crippen MR) is 109 cm³/mol. The lowest BCUT2D eigenvalue weighted by Gasteiger charge is -2.14. The first-order valence-electron chi connectivity index (χ1n) is 8.92. The van der Waals surface area contributed by atoms with Crippen LogP contribution in [0.3, 0.4) is 0 Å². The Morgan fingerprint density at radius 1 is 1.13 bits per heavy atom. The van der Waals surface area contributed by atoms with Crippen molar-refractivity contribution in [3.8, 4) is 17.3 Å². The van der Waals surface area contributed by atoms with Crippen LogP contribution < -0.4 is 5.32 Å². The molecular formula is C21H17F3N4OS. The highest BCUT2D eigenvalue weighted by Crippen LogP contribution is 2.30. The van der Waals surface area contributed by atoms with Crippen LogP contribution in [-0.2, 0) is 17.8 Å². The minimum absolute atomic E-state index is 0.0942. The van der Waals surface area contributed by atoms with Gasteiger partial charge in [0.15, 0.2) is 5.16 Å². The van der Waals surface area contributed by atoms with Crippen LogP contribution in [0.2, 0.25) is 0 Å². The third kappa shape index (κ3) is 5.87. The van der Waals surface area contributed by atoms with E-state index in [-0.39, 0.29) is 23.2 Å². The zero-order valence-corrected chi connectivity index (χ0v) is 16.5. The first-order chi connectivity index (χ1) is 14.4. The maximum absolute atomic E-state index is 13.1. The molecule has 5 nitrogen and oxygen atoms in total. The van der Waals surface area contributed by atoms with Crippen LogP contribution in [0, 0.1) is 11.3 Å². The summed E-state index contributed by atoms with van der Waals surface area (Å²) >= 11 is 0.939. The molecule has 0 radical (unpaired) electrons. The number of hydrogen-bond donors (Lipinski definition) is 1. The van der Waals surface area contributed by atoms with Gasteiger partial charge in [-0.2, -0.15) is 18.4 Å². The highest BCUT2D eigenvalue weighted by atomic mass is 32.2. The molecule has 0 fully saturated rings. The van der Waals surface area contributed by atoms with Gasteiger partial charge in [-0.15, -0.1) is 0 Å². The largest absolute Gasteiger partial charge is 0.406 e. The second-order valence-electron chi connectivity index (χ2n) is 6.36. The van der Waals surface area contributed by atoms with Crippen LogP contribution in [0.25, 0.3) is 11.3 Å². The van der Waals surface area contributed by atoms with Crippen LogP contribution in [0.5, 0.6) is 0 Å². The fraction of sp³-hybridized carbons (Fsp3) is 0.190. The van der Waals surface area contributed by atoms with E-state index in [4.69, 9.17) is 5.26 Å². The van der Waals surface area contributed by atoms with Crippen molar-refractivity contribution in [1.29, 1.82) is 5.26 Å². The number of amides is 1. The summed E-state index contributed by atoms with van der Waals surface area (Å²) in [6.45, 7) is -1.19. The average molecular weight is 430 g/mol. The lowest BCUT2D eigenvalue weighted by atomic mass is 10.1. The number of carbonyl (C=O) groups excluding carboxylic acids is 1. The molecule has 30 heavy (non-hydrogen) atoms. The molecule has 0 saturated carbocycles. The summed E-state index contributed by atoms with van der Waals surface area (Å²) in [4.78, 5) is 16.3. The number of thioether (sulfide) groups is 1. The van der Waals surface area contributed by atoms with Crippen LogP contribution in [0.4, 0.5) is 18.9 Å². The Bertz CT molecular complexity index is 1040. The van der Waals surface area contributed by atoms with Crippen molar-refractivity contribution in [2.45, 2.75) is 24.3 Å². The molecule has 3 rings (SSSR count). The van der Waals surface area contributed by atoms with E-state index in [9.17, 15) is 18.0 Å². The van der Waals surface area contributed by atoms with Gasteiger partial charge in [-0.1, -0.05) is 54.2 Å². The van der Waals surface area contributed by atoms with Gasteiger partial charge in [0, 0.05) is 5.69 Å². The summed E-state index contributed by atoms with van der Waals surface area (Å²) in [5.41, 5.74) is 2.32. The number of anilines is 1. The first kappa shape index (κ1) is 21.5. The summed E-state index contributed by atoms with van der Waals surface area (Å²) in [7, 11) is 0. The molecule has 1 heterocycles. The Balaban J connectivity index is 1.70.